The summed E-state index contributed by atoms with van der Waals surface area (Å²) in [4.78, 5) is 18.3. The van der Waals surface area contributed by atoms with Crippen LogP contribution in [-0.2, 0) is 11.3 Å². The van der Waals surface area contributed by atoms with Crippen LogP contribution < -0.4 is 5.73 Å². The van der Waals surface area contributed by atoms with Gasteiger partial charge in [0.15, 0.2) is 0 Å². The molecule has 0 saturated heterocycles. The number of aromatic carboxylic acids is 1. The average Bonchev–Trinajstić information content (AvgIpc) is 2.61. The zero-order valence-corrected chi connectivity index (χ0v) is 8.43. The Morgan fingerprint density at radius 1 is 1.62 bits per heavy atom. The van der Waals surface area contributed by atoms with Gasteiger partial charge in [-0.3, -0.25) is 0 Å². The maximum atomic E-state index is 10.8. The third-order valence-corrected chi connectivity index (χ3v) is 2.01. The molecule has 84 valence electrons. The van der Waals surface area contributed by atoms with Gasteiger partial charge in [-0.25, -0.2) is 9.78 Å². The molecule has 2 rings (SSSR count). The van der Waals surface area contributed by atoms with Gasteiger partial charge in [-0.15, -0.1) is 0 Å². The summed E-state index contributed by atoms with van der Waals surface area (Å²) in [6, 6.07) is 0. The molecule has 0 aliphatic carbocycles. The molecule has 3 N–H and O–H groups in total. The summed E-state index contributed by atoms with van der Waals surface area (Å²) in [5.74, 6) is -1.57. The highest BCUT2D eigenvalue weighted by molar-refractivity contribution is 5.92. The maximum Gasteiger partial charge on any atom is 0.374 e. The second kappa shape index (κ2) is 3.78. The minimum Gasteiger partial charge on any atom is -0.475 e. The van der Waals surface area contributed by atoms with Crippen LogP contribution in [0.1, 0.15) is 16.3 Å². The third-order valence-electron chi connectivity index (χ3n) is 2.01. The van der Waals surface area contributed by atoms with E-state index in [0.717, 1.165) is 0 Å². The summed E-state index contributed by atoms with van der Waals surface area (Å²) in [7, 11) is 1.48. The molecule has 0 atom stereocenters. The highest BCUT2D eigenvalue weighted by Gasteiger charge is 2.17. The van der Waals surface area contributed by atoms with E-state index >= 15 is 0 Å². The van der Waals surface area contributed by atoms with E-state index in [1.165, 1.54) is 13.4 Å². The van der Waals surface area contributed by atoms with Crippen LogP contribution in [0.4, 0.5) is 5.69 Å². The molecular formula is C9H9N3O4. The lowest BCUT2D eigenvalue weighted by atomic mass is 10.2. The second-order valence-electron chi connectivity index (χ2n) is 3.10. The molecule has 0 aliphatic rings. The van der Waals surface area contributed by atoms with E-state index in [4.69, 9.17) is 20.0 Å². The Balaban J connectivity index is 2.70. The maximum absolute atomic E-state index is 10.8. The monoisotopic (exact) mass is 223 g/mol. The zero-order chi connectivity index (χ0) is 11.7. The molecule has 0 fully saturated rings. The van der Waals surface area contributed by atoms with Gasteiger partial charge in [0.2, 0.25) is 11.5 Å². The Morgan fingerprint density at radius 2 is 2.38 bits per heavy atom. The molecular weight excluding hydrogens is 214 g/mol. The predicted octanol–water partition coefficient (Wildman–Crippen LogP) is 0.650. The van der Waals surface area contributed by atoms with Gasteiger partial charge < -0.3 is 20.0 Å². The standard InChI is InChI=1S/C9H9N3O4/c1-15-3-5-6-4(10)2-16-8(6)12-7(11-5)9(13)14/h2H,3,10H2,1H3,(H,13,14). The Labute approximate surface area is 89.9 Å². The van der Waals surface area contributed by atoms with Crippen molar-refractivity contribution in [3.8, 4) is 0 Å². The van der Waals surface area contributed by atoms with Crippen molar-refractivity contribution in [1.82, 2.24) is 9.97 Å². The highest BCUT2D eigenvalue weighted by Crippen LogP contribution is 2.24. The molecule has 0 aromatic carbocycles. The van der Waals surface area contributed by atoms with E-state index in [9.17, 15) is 4.79 Å². The number of carboxylic acid groups (broad SMARTS) is 1. The smallest absolute Gasteiger partial charge is 0.374 e. The molecule has 2 aromatic rings. The lowest BCUT2D eigenvalue weighted by Crippen LogP contribution is -2.07. The number of nitrogens with zero attached hydrogens (tertiary/aromatic N) is 2. The number of ether oxygens (including phenoxy) is 1. The van der Waals surface area contributed by atoms with Crippen LogP contribution in [0.5, 0.6) is 0 Å². The largest absolute Gasteiger partial charge is 0.475 e. The molecule has 0 aliphatic heterocycles. The number of nitrogens with two attached hydrogens (primary N) is 1. The number of hydrogen-bond donors (Lipinski definition) is 2. The van der Waals surface area contributed by atoms with Crippen molar-refractivity contribution in [3.05, 3.63) is 17.8 Å². The van der Waals surface area contributed by atoms with Crippen molar-refractivity contribution in [3.63, 3.8) is 0 Å². The van der Waals surface area contributed by atoms with Crippen molar-refractivity contribution in [1.29, 1.82) is 0 Å². The van der Waals surface area contributed by atoms with E-state index in [0.29, 0.717) is 16.8 Å². The lowest BCUT2D eigenvalue weighted by molar-refractivity contribution is 0.0682. The first kappa shape index (κ1) is 10.4. The molecule has 7 nitrogen and oxygen atoms in total. The lowest BCUT2D eigenvalue weighted by Gasteiger charge is -2.02. The van der Waals surface area contributed by atoms with Crippen LogP contribution in [0.3, 0.4) is 0 Å². The van der Waals surface area contributed by atoms with Crippen molar-refractivity contribution in [2.45, 2.75) is 6.61 Å². The Bertz CT molecular complexity index is 549. The van der Waals surface area contributed by atoms with Crippen LogP contribution in [0, 0.1) is 0 Å². The minimum atomic E-state index is -1.23. The number of anilines is 1. The number of carboxylic acids is 1. The van der Waals surface area contributed by atoms with Gasteiger partial charge in [0, 0.05) is 7.11 Å². The molecule has 0 spiro atoms. The van der Waals surface area contributed by atoms with Crippen LogP contribution in [0.15, 0.2) is 10.7 Å². The molecule has 7 heteroatoms. The van der Waals surface area contributed by atoms with E-state index < -0.39 is 5.97 Å². The van der Waals surface area contributed by atoms with Crippen LogP contribution in [0.25, 0.3) is 11.1 Å². The highest BCUT2D eigenvalue weighted by atomic mass is 16.5. The van der Waals surface area contributed by atoms with Gasteiger partial charge in [-0.05, 0) is 0 Å². The summed E-state index contributed by atoms with van der Waals surface area (Å²) < 4.78 is 9.95. The third kappa shape index (κ3) is 1.57. The SMILES string of the molecule is COCc1nc(C(=O)O)nc2occ(N)c12. The normalized spacial score (nSPS) is 10.8. The number of hydrogen-bond acceptors (Lipinski definition) is 6. The number of fused-ring (bicyclic) bond motifs is 1. The quantitative estimate of drug-likeness (QED) is 0.785. The van der Waals surface area contributed by atoms with Crippen LogP contribution in [-0.4, -0.2) is 28.2 Å². The number of carbonyl (C=O) groups is 1. The van der Waals surface area contributed by atoms with Crippen LogP contribution in [0.2, 0.25) is 0 Å². The summed E-state index contributed by atoms with van der Waals surface area (Å²) in [6.45, 7) is 0.142. The summed E-state index contributed by atoms with van der Waals surface area (Å²) in [6.07, 6.45) is 1.30. The molecule has 2 heterocycles. The fourth-order valence-corrected chi connectivity index (χ4v) is 1.37. The number of nitrogen functional groups attached to an aromatic ring is 1. The Kier molecular flexibility index (Phi) is 2.45. The number of methoxy groups -OCH3 is 1. The first-order chi connectivity index (χ1) is 7.63. The topological polar surface area (TPSA) is 111 Å². The summed E-state index contributed by atoms with van der Waals surface area (Å²) >= 11 is 0. The van der Waals surface area contributed by atoms with Gasteiger partial charge in [0.25, 0.3) is 0 Å². The van der Waals surface area contributed by atoms with Crippen molar-refractivity contribution in [2.75, 3.05) is 12.8 Å². The first-order valence-corrected chi connectivity index (χ1v) is 4.39. The van der Waals surface area contributed by atoms with Gasteiger partial charge >= 0.3 is 5.97 Å². The number of furan rings is 1. The van der Waals surface area contributed by atoms with Crippen LogP contribution >= 0.6 is 0 Å². The summed E-state index contributed by atoms with van der Waals surface area (Å²) in [5.41, 5.74) is 6.57. The molecule has 0 bridgehead atoms. The van der Waals surface area contributed by atoms with Gasteiger partial charge in [0.1, 0.15) is 6.26 Å². The van der Waals surface area contributed by atoms with E-state index in [1.54, 1.807) is 0 Å². The molecule has 2 aromatic heterocycles. The van der Waals surface area contributed by atoms with Gasteiger partial charge in [-0.2, -0.15) is 4.98 Å². The Morgan fingerprint density at radius 3 is 3.00 bits per heavy atom. The van der Waals surface area contributed by atoms with E-state index in [2.05, 4.69) is 9.97 Å². The fraction of sp³-hybridized carbons (Fsp3) is 0.222. The Hall–Kier alpha value is -2.15. The van der Waals surface area contributed by atoms with E-state index in [1.807, 2.05) is 0 Å². The molecule has 16 heavy (non-hydrogen) atoms. The molecule has 0 unspecified atom stereocenters. The minimum absolute atomic E-state index is 0.142. The molecule has 0 amide bonds. The predicted molar refractivity (Wildman–Crippen MR) is 53.9 cm³/mol. The fourth-order valence-electron chi connectivity index (χ4n) is 1.37. The number of rotatable bonds is 3. The van der Waals surface area contributed by atoms with Crippen molar-refractivity contribution >= 4 is 22.8 Å². The van der Waals surface area contributed by atoms with Crippen molar-refractivity contribution < 1.29 is 19.1 Å². The number of aromatic nitrogens is 2. The second-order valence-corrected chi connectivity index (χ2v) is 3.10. The van der Waals surface area contributed by atoms with Gasteiger partial charge in [-0.1, -0.05) is 0 Å². The van der Waals surface area contributed by atoms with Crippen molar-refractivity contribution in [2.24, 2.45) is 0 Å². The average molecular weight is 223 g/mol. The summed E-state index contributed by atoms with van der Waals surface area (Å²) in [5, 5.41) is 9.30. The molecule has 0 radical (unpaired) electrons. The molecule has 0 saturated carbocycles. The zero-order valence-electron chi connectivity index (χ0n) is 8.43. The van der Waals surface area contributed by atoms with E-state index in [-0.39, 0.29) is 18.1 Å². The van der Waals surface area contributed by atoms with Gasteiger partial charge in [0.05, 0.1) is 23.4 Å². The first-order valence-electron chi connectivity index (χ1n) is 4.39.